The summed E-state index contributed by atoms with van der Waals surface area (Å²) in [6.07, 6.45) is 2.26. The third-order valence-electron chi connectivity index (χ3n) is 3.62. The first-order valence-electron chi connectivity index (χ1n) is 6.97. The van der Waals surface area contributed by atoms with Crippen molar-refractivity contribution in [3.05, 3.63) is 10.7 Å². The molecule has 0 spiro atoms. The number of nitrogens with one attached hydrogen (secondary N) is 1. The molecule has 2 heterocycles. The van der Waals surface area contributed by atoms with E-state index in [2.05, 4.69) is 20.2 Å². The zero-order chi connectivity index (χ0) is 14.5. The van der Waals surface area contributed by atoms with Gasteiger partial charge in [-0.1, -0.05) is 11.6 Å². The summed E-state index contributed by atoms with van der Waals surface area (Å²) in [4.78, 5) is 10.5. The molecule has 1 aromatic rings. The van der Waals surface area contributed by atoms with Crippen LogP contribution in [0.15, 0.2) is 0 Å². The fourth-order valence-corrected chi connectivity index (χ4v) is 2.69. The Balaban J connectivity index is 1.84. The Morgan fingerprint density at radius 2 is 2.30 bits per heavy atom. The number of halogens is 1. The quantitative estimate of drug-likeness (QED) is 0.756. The average molecular weight is 300 g/mol. The van der Waals surface area contributed by atoms with E-state index in [0.29, 0.717) is 22.5 Å². The second-order valence-corrected chi connectivity index (χ2v) is 5.63. The topological polar surface area (TPSA) is 87.3 Å². The molecule has 1 saturated heterocycles. The van der Waals surface area contributed by atoms with Gasteiger partial charge in [-0.2, -0.15) is 4.98 Å². The van der Waals surface area contributed by atoms with Crippen LogP contribution in [-0.4, -0.2) is 52.8 Å². The van der Waals surface area contributed by atoms with Crippen LogP contribution in [-0.2, 0) is 0 Å². The van der Waals surface area contributed by atoms with Gasteiger partial charge in [-0.3, -0.25) is 0 Å². The van der Waals surface area contributed by atoms with Crippen LogP contribution in [0.25, 0.3) is 0 Å². The maximum absolute atomic E-state index is 9.22. The van der Waals surface area contributed by atoms with Crippen molar-refractivity contribution in [2.75, 3.05) is 43.8 Å². The lowest BCUT2D eigenvalue weighted by atomic mass is 9.99. The van der Waals surface area contributed by atoms with Crippen LogP contribution in [0.1, 0.15) is 18.5 Å². The Bertz CT molecular complexity index is 457. The number of aromatic nitrogens is 2. The fraction of sp³-hybridized carbons (Fsp3) is 0.692. The highest BCUT2D eigenvalue weighted by atomic mass is 35.5. The fourth-order valence-electron chi connectivity index (χ4n) is 2.53. The molecular formula is C13H22ClN5O. The van der Waals surface area contributed by atoms with Gasteiger partial charge < -0.3 is 21.1 Å². The summed E-state index contributed by atoms with van der Waals surface area (Å²) in [5, 5.41) is 12.9. The van der Waals surface area contributed by atoms with Gasteiger partial charge >= 0.3 is 0 Å². The van der Waals surface area contributed by atoms with Crippen LogP contribution < -0.4 is 11.1 Å². The van der Waals surface area contributed by atoms with Gasteiger partial charge in [0.1, 0.15) is 5.02 Å². The molecule has 1 aliphatic rings. The molecule has 0 bridgehead atoms. The van der Waals surface area contributed by atoms with Crippen molar-refractivity contribution in [1.82, 2.24) is 14.9 Å². The van der Waals surface area contributed by atoms with E-state index in [1.807, 2.05) is 6.92 Å². The van der Waals surface area contributed by atoms with Crippen molar-refractivity contribution in [1.29, 1.82) is 0 Å². The summed E-state index contributed by atoms with van der Waals surface area (Å²) >= 11 is 6.14. The number of hydrogen-bond donors (Lipinski definition) is 3. The van der Waals surface area contributed by atoms with Gasteiger partial charge in [0, 0.05) is 26.2 Å². The molecule has 1 atom stereocenters. The van der Waals surface area contributed by atoms with Gasteiger partial charge in [0.05, 0.1) is 5.69 Å². The molecule has 0 aromatic carbocycles. The van der Waals surface area contributed by atoms with Crippen molar-refractivity contribution in [2.24, 2.45) is 5.92 Å². The molecule has 0 saturated carbocycles. The molecule has 4 N–H and O–H groups in total. The molecule has 6 nitrogen and oxygen atoms in total. The molecule has 0 amide bonds. The normalized spacial score (nSPS) is 20.1. The number of nitrogens with two attached hydrogens (primary N) is 1. The standard InChI is InChI=1S/C13H22ClN5O/c1-9-11(14)12(18-13(15)17-9)16-4-6-19-5-2-3-10(7-19)8-20/h10,20H,2-8H2,1H3,(H3,15,16,17,18)/t10-/m0/s1. The van der Waals surface area contributed by atoms with Crippen molar-refractivity contribution < 1.29 is 5.11 Å². The van der Waals surface area contributed by atoms with E-state index in [1.54, 1.807) is 0 Å². The number of nitrogen functional groups attached to an aromatic ring is 1. The van der Waals surface area contributed by atoms with Gasteiger partial charge in [0.15, 0.2) is 5.82 Å². The van der Waals surface area contributed by atoms with E-state index >= 15 is 0 Å². The van der Waals surface area contributed by atoms with Crippen LogP contribution >= 0.6 is 11.6 Å². The zero-order valence-electron chi connectivity index (χ0n) is 11.8. The van der Waals surface area contributed by atoms with Crippen molar-refractivity contribution in [3.63, 3.8) is 0 Å². The largest absolute Gasteiger partial charge is 0.396 e. The van der Waals surface area contributed by atoms with E-state index in [9.17, 15) is 5.11 Å². The lowest BCUT2D eigenvalue weighted by molar-refractivity contribution is 0.123. The molecule has 1 aliphatic heterocycles. The molecule has 20 heavy (non-hydrogen) atoms. The molecule has 0 aliphatic carbocycles. The Morgan fingerprint density at radius 3 is 3.05 bits per heavy atom. The summed E-state index contributed by atoms with van der Waals surface area (Å²) in [6.45, 7) is 5.76. The Hall–Kier alpha value is -1.11. The summed E-state index contributed by atoms with van der Waals surface area (Å²) in [5.74, 6) is 1.23. The highest BCUT2D eigenvalue weighted by molar-refractivity contribution is 6.33. The second-order valence-electron chi connectivity index (χ2n) is 5.25. The smallest absolute Gasteiger partial charge is 0.222 e. The second kappa shape index (κ2) is 7.06. The maximum atomic E-state index is 9.22. The maximum Gasteiger partial charge on any atom is 0.222 e. The van der Waals surface area contributed by atoms with E-state index in [-0.39, 0.29) is 12.6 Å². The Kier molecular flexibility index (Phi) is 5.39. The summed E-state index contributed by atoms with van der Waals surface area (Å²) in [7, 11) is 0. The van der Waals surface area contributed by atoms with Crippen LogP contribution in [0.5, 0.6) is 0 Å². The Labute approximate surface area is 124 Å². The van der Waals surface area contributed by atoms with Gasteiger partial charge in [-0.05, 0) is 32.2 Å². The minimum absolute atomic E-state index is 0.229. The van der Waals surface area contributed by atoms with E-state index in [1.165, 1.54) is 0 Å². The molecule has 1 fully saturated rings. The molecule has 2 rings (SSSR count). The number of aliphatic hydroxyl groups excluding tert-OH is 1. The highest BCUT2D eigenvalue weighted by Crippen LogP contribution is 2.22. The lowest BCUT2D eigenvalue weighted by Crippen LogP contribution is -2.39. The number of piperidine rings is 1. The third-order valence-corrected chi connectivity index (χ3v) is 4.07. The first-order valence-corrected chi connectivity index (χ1v) is 7.34. The van der Waals surface area contributed by atoms with Crippen molar-refractivity contribution >= 4 is 23.4 Å². The monoisotopic (exact) mass is 299 g/mol. The summed E-state index contributed by atoms with van der Waals surface area (Å²) in [5.41, 5.74) is 6.30. The predicted molar refractivity (Wildman–Crippen MR) is 80.9 cm³/mol. The van der Waals surface area contributed by atoms with Crippen molar-refractivity contribution in [3.8, 4) is 0 Å². The summed E-state index contributed by atoms with van der Waals surface area (Å²) < 4.78 is 0. The number of hydrogen-bond acceptors (Lipinski definition) is 6. The highest BCUT2D eigenvalue weighted by Gasteiger charge is 2.18. The SMILES string of the molecule is Cc1nc(N)nc(NCCN2CCC[C@H](CO)C2)c1Cl. The number of aryl methyl sites for hydroxylation is 1. The number of nitrogens with zero attached hydrogens (tertiary/aromatic N) is 3. The molecule has 112 valence electrons. The lowest BCUT2D eigenvalue weighted by Gasteiger charge is -2.31. The van der Waals surface area contributed by atoms with Gasteiger partial charge in [-0.15, -0.1) is 0 Å². The first-order chi connectivity index (χ1) is 9.60. The minimum atomic E-state index is 0.229. The third kappa shape index (κ3) is 3.94. The number of rotatable bonds is 5. The van der Waals surface area contributed by atoms with Crippen LogP contribution in [0, 0.1) is 12.8 Å². The molecule has 0 radical (unpaired) electrons. The molecule has 7 heteroatoms. The predicted octanol–water partition coefficient (Wildman–Crippen LogP) is 1.14. The van der Waals surface area contributed by atoms with Crippen LogP contribution in [0.2, 0.25) is 5.02 Å². The number of likely N-dealkylation sites (tertiary alicyclic amines) is 1. The zero-order valence-corrected chi connectivity index (χ0v) is 12.5. The van der Waals surface area contributed by atoms with Crippen molar-refractivity contribution in [2.45, 2.75) is 19.8 Å². The van der Waals surface area contributed by atoms with E-state index < -0.39 is 0 Å². The first kappa shape index (κ1) is 15.3. The average Bonchev–Trinajstić information content (AvgIpc) is 2.44. The van der Waals surface area contributed by atoms with Crippen LogP contribution in [0.3, 0.4) is 0 Å². The van der Waals surface area contributed by atoms with E-state index in [4.69, 9.17) is 17.3 Å². The van der Waals surface area contributed by atoms with Gasteiger partial charge in [0.2, 0.25) is 5.95 Å². The number of aliphatic hydroxyl groups is 1. The summed E-state index contributed by atoms with van der Waals surface area (Å²) in [6, 6.07) is 0. The Morgan fingerprint density at radius 1 is 1.50 bits per heavy atom. The minimum Gasteiger partial charge on any atom is -0.396 e. The molecule has 0 unspecified atom stereocenters. The van der Waals surface area contributed by atoms with Crippen LogP contribution in [0.4, 0.5) is 11.8 Å². The van der Waals surface area contributed by atoms with E-state index in [0.717, 1.165) is 39.0 Å². The number of anilines is 2. The molecular weight excluding hydrogens is 278 g/mol. The molecule has 1 aromatic heterocycles. The van der Waals surface area contributed by atoms with Gasteiger partial charge in [-0.25, -0.2) is 4.98 Å². The van der Waals surface area contributed by atoms with Gasteiger partial charge in [0.25, 0.3) is 0 Å².